The minimum Gasteiger partial charge on any atom is -0.467 e. The topological polar surface area (TPSA) is 72.1 Å². The van der Waals surface area contributed by atoms with Gasteiger partial charge in [0.2, 0.25) is 0 Å². The summed E-state index contributed by atoms with van der Waals surface area (Å²) in [6, 6.07) is 7.47. The van der Waals surface area contributed by atoms with Crippen molar-refractivity contribution < 1.29 is 9.21 Å². The molecule has 0 spiro atoms. The van der Waals surface area contributed by atoms with Crippen molar-refractivity contribution in [2.75, 3.05) is 6.54 Å². The Morgan fingerprint density at radius 1 is 1.17 bits per heavy atom. The fourth-order valence-corrected chi connectivity index (χ4v) is 3.03. The number of rotatable bonds is 3. The van der Waals surface area contributed by atoms with E-state index in [1.807, 2.05) is 29.2 Å². The van der Waals surface area contributed by atoms with E-state index < -0.39 is 0 Å². The number of furan rings is 1. The summed E-state index contributed by atoms with van der Waals surface area (Å²) in [6.07, 6.45) is 10.1. The van der Waals surface area contributed by atoms with Crippen LogP contribution in [-0.2, 0) is 0 Å². The third kappa shape index (κ3) is 2.67. The van der Waals surface area contributed by atoms with Gasteiger partial charge in [0.25, 0.3) is 5.91 Å². The molecule has 4 heterocycles. The van der Waals surface area contributed by atoms with Crippen molar-refractivity contribution in [2.45, 2.75) is 18.9 Å². The Hall–Kier alpha value is -3.02. The summed E-state index contributed by atoms with van der Waals surface area (Å²) in [6.45, 7) is 0.717. The molecular weight excluding hydrogens is 304 g/mol. The van der Waals surface area contributed by atoms with Crippen LogP contribution < -0.4 is 0 Å². The fraction of sp³-hybridized carbons (Fsp3) is 0.222. The quantitative estimate of drug-likeness (QED) is 0.741. The van der Waals surface area contributed by atoms with Gasteiger partial charge >= 0.3 is 0 Å². The maximum absolute atomic E-state index is 12.8. The van der Waals surface area contributed by atoms with Crippen LogP contribution in [0, 0.1) is 0 Å². The van der Waals surface area contributed by atoms with E-state index in [2.05, 4.69) is 15.0 Å². The molecule has 1 atom stereocenters. The summed E-state index contributed by atoms with van der Waals surface area (Å²) in [5, 5.41) is 0. The summed E-state index contributed by atoms with van der Waals surface area (Å²) in [5.74, 6) is 1.32. The lowest BCUT2D eigenvalue weighted by atomic mass is 10.1. The minimum absolute atomic E-state index is 0.00880. The smallest absolute Gasteiger partial charge is 0.257 e. The number of nitrogens with zero attached hydrogens (tertiary/aromatic N) is 4. The second-order valence-corrected chi connectivity index (χ2v) is 5.71. The molecule has 1 aliphatic heterocycles. The maximum atomic E-state index is 12.8. The van der Waals surface area contributed by atoms with Crippen molar-refractivity contribution in [3.63, 3.8) is 0 Å². The van der Waals surface area contributed by atoms with E-state index in [0.717, 1.165) is 24.2 Å². The molecule has 1 saturated heterocycles. The zero-order valence-electron chi connectivity index (χ0n) is 13.0. The molecule has 120 valence electrons. The Bertz CT molecular complexity index is 816. The molecule has 0 radical (unpaired) electrons. The molecule has 1 amide bonds. The Morgan fingerprint density at radius 2 is 2.04 bits per heavy atom. The van der Waals surface area contributed by atoms with Gasteiger partial charge in [0.1, 0.15) is 5.76 Å². The highest BCUT2D eigenvalue weighted by molar-refractivity contribution is 5.94. The number of hydrogen-bond donors (Lipinski definition) is 0. The van der Waals surface area contributed by atoms with Gasteiger partial charge < -0.3 is 9.32 Å². The highest BCUT2D eigenvalue weighted by atomic mass is 16.3. The lowest BCUT2D eigenvalue weighted by molar-refractivity contribution is 0.0719. The van der Waals surface area contributed by atoms with E-state index in [4.69, 9.17) is 4.42 Å². The monoisotopic (exact) mass is 320 g/mol. The predicted molar refractivity (Wildman–Crippen MR) is 87.0 cm³/mol. The van der Waals surface area contributed by atoms with Crippen LogP contribution in [0.1, 0.15) is 35.0 Å². The van der Waals surface area contributed by atoms with Gasteiger partial charge in [0, 0.05) is 36.9 Å². The molecule has 0 N–H and O–H groups in total. The number of carbonyl (C=O) groups excluding carboxylic acids is 1. The molecule has 6 nitrogen and oxygen atoms in total. The van der Waals surface area contributed by atoms with E-state index in [-0.39, 0.29) is 11.9 Å². The van der Waals surface area contributed by atoms with Gasteiger partial charge in [-0.1, -0.05) is 0 Å². The molecule has 4 rings (SSSR count). The third-order valence-electron chi connectivity index (χ3n) is 4.20. The van der Waals surface area contributed by atoms with Crippen molar-refractivity contribution >= 4 is 5.91 Å². The summed E-state index contributed by atoms with van der Waals surface area (Å²) in [4.78, 5) is 27.3. The first kappa shape index (κ1) is 14.6. The van der Waals surface area contributed by atoms with Crippen LogP contribution in [-0.4, -0.2) is 32.3 Å². The molecule has 6 heteroatoms. The first-order chi connectivity index (χ1) is 11.8. The van der Waals surface area contributed by atoms with Crippen LogP contribution in [0.25, 0.3) is 11.4 Å². The first-order valence-electron chi connectivity index (χ1n) is 7.90. The van der Waals surface area contributed by atoms with Crippen LogP contribution >= 0.6 is 0 Å². The van der Waals surface area contributed by atoms with Crippen LogP contribution in [0.15, 0.2) is 59.7 Å². The zero-order chi connectivity index (χ0) is 16.4. The van der Waals surface area contributed by atoms with E-state index >= 15 is 0 Å². The van der Waals surface area contributed by atoms with Gasteiger partial charge in [0.05, 0.1) is 17.9 Å². The third-order valence-corrected chi connectivity index (χ3v) is 4.20. The van der Waals surface area contributed by atoms with Gasteiger partial charge in [-0.2, -0.15) is 0 Å². The van der Waals surface area contributed by atoms with Gasteiger partial charge in [-0.3, -0.25) is 9.78 Å². The van der Waals surface area contributed by atoms with Crippen LogP contribution in [0.3, 0.4) is 0 Å². The van der Waals surface area contributed by atoms with E-state index in [9.17, 15) is 4.79 Å². The SMILES string of the molecule is O=C(c1cnc(-c2cccnc2)nc1)N1CCCC1c1ccco1. The molecule has 3 aromatic heterocycles. The molecule has 0 bridgehead atoms. The highest BCUT2D eigenvalue weighted by Crippen LogP contribution is 2.33. The molecule has 1 unspecified atom stereocenters. The largest absolute Gasteiger partial charge is 0.467 e. The van der Waals surface area contributed by atoms with E-state index in [0.29, 0.717) is 17.9 Å². The van der Waals surface area contributed by atoms with Gasteiger partial charge in [-0.25, -0.2) is 9.97 Å². The summed E-state index contributed by atoms with van der Waals surface area (Å²) in [7, 11) is 0. The predicted octanol–water partition coefficient (Wildman–Crippen LogP) is 3.11. The summed E-state index contributed by atoms with van der Waals surface area (Å²) in [5.41, 5.74) is 1.31. The van der Waals surface area contributed by atoms with Gasteiger partial charge in [-0.15, -0.1) is 0 Å². The van der Waals surface area contributed by atoms with Crippen molar-refractivity contribution in [3.8, 4) is 11.4 Å². The lowest BCUT2D eigenvalue weighted by Gasteiger charge is -2.22. The molecule has 1 aliphatic rings. The molecular formula is C18H16N4O2. The molecule has 3 aromatic rings. The van der Waals surface area contributed by atoms with Crippen molar-refractivity contribution in [1.29, 1.82) is 0 Å². The van der Waals surface area contributed by atoms with E-state index in [1.54, 1.807) is 31.1 Å². The average molecular weight is 320 g/mol. The Labute approximate surface area is 139 Å². The van der Waals surface area contributed by atoms with Gasteiger partial charge in [0.15, 0.2) is 5.82 Å². The number of pyridine rings is 1. The van der Waals surface area contributed by atoms with Crippen molar-refractivity contribution in [1.82, 2.24) is 19.9 Å². The highest BCUT2D eigenvalue weighted by Gasteiger charge is 2.32. The van der Waals surface area contributed by atoms with Gasteiger partial charge in [-0.05, 0) is 37.1 Å². The summed E-state index contributed by atoms with van der Waals surface area (Å²) < 4.78 is 5.48. The molecule has 0 saturated carbocycles. The number of likely N-dealkylation sites (tertiary alicyclic amines) is 1. The zero-order valence-corrected chi connectivity index (χ0v) is 13.0. The normalized spacial score (nSPS) is 17.2. The van der Waals surface area contributed by atoms with Crippen LogP contribution in [0.5, 0.6) is 0 Å². The molecule has 24 heavy (non-hydrogen) atoms. The lowest BCUT2D eigenvalue weighted by Crippen LogP contribution is -2.30. The van der Waals surface area contributed by atoms with E-state index in [1.165, 1.54) is 0 Å². The minimum atomic E-state index is -0.0633. The Kier molecular flexibility index (Phi) is 3.78. The number of carbonyl (C=O) groups is 1. The number of hydrogen-bond acceptors (Lipinski definition) is 5. The average Bonchev–Trinajstić information content (AvgIpc) is 3.33. The standard InChI is InChI=1S/C18H16N4O2/c23-18(22-8-2-5-15(22)16-6-3-9-24-16)14-11-20-17(21-12-14)13-4-1-7-19-10-13/h1,3-4,6-7,9-12,15H,2,5,8H2. The number of amides is 1. The van der Waals surface area contributed by atoms with Crippen molar-refractivity contribution in [2.24, 2.45) is 0 Å². The van der Waals surface area contributed by atoms with Crippen LogP contribution in [0.2, 0.25) is 0 Å². The van der Waals surface area contributed by atoms with Crippen LogP contribution in [0.4, 0.5) is 0 Å². The Balaban J connectivity index is 1.56. The first-order valence-corrected chi connectivity index (χ1v) is 7.90. The fourth-order valence-electron chi connectivity index (χ4n) is 3.03. The second-order valence-electron chi connectivity index (χ2n) is 5.71. The maximum Gasteiger partial charge on any atom is 0.257 e. The molecule has 0 aliphatic carbocycles. The summed E-state index contributed by atoms with van der Waals surface area (Å²) >= 11 is 0. The Morgan fingerprint density at radius 3 is 2.75 bits per heavy atom. The molecule has 1 fully saturated rings. The number of aromatic nitrogens is 3. The second kappa shape index (κ2) is 6.23. The molecule has 0 aromatic carbocycles. The van der Waals surface area contributed by atoms with Crippen molar-refractivity contribution in [3.05, 3.63) is 66.6 Å².